The van der Waals surface area contributed by atoms with E-state index < -0.39 is 11.9 Å². The van der Waals surface area contributed by atoms with E-state index in [9.17, 15) is 9.59 Å². The van der Waals surface area contributed by atoms with Crippen molar-refractivity contribution in [2.45, 2.75) is 6.42 Å². The first-order valence-electron chi connectivity index (χ1n) is 4.38. The first kappa shape index (κ1) is 11.0. The minimum absolute atomic E-state index is 0.150. The lowest BCUT2D eigenvalue weighted by Gasteiger charge is -1.96. The van der Waals surface area contributed by atoms with Gasteiger partial charge in [-0.05, 0) is 17.7 Å². The Morgan fingerprint density at radius 2 is 2.13 bits per heavy atom. The number of amides is 1. The number of primary amides is 1. The number of carbonyl (C=O) groups excluding carboxylic acids is 1. The molecular weight excluding hydrogens is 194 g/mol. The van der Waals surface area contributed by atoms with Crippen LogP contribution in [-0.4, -0.2) is 17.0 Å². The summed E-state index contributed by atoms with van der Waals surface area (Å²) in [5, 5.41) is 8.72. The molecular formula is C11H11NO3. The van der Waals surface area contributed by atoms with Gasteiger partial charge in [0, 0.05) is 6.42 Å². The second-order valence-electron chi connectivity index (χ2n) is 3.00. The van der Waals surface area contributed by atoms with E-state index in [1.54, 1.807) is 24.3 Å². The molecule has 78 valence electrons. The van der Waals surface area contributed by atoms with Crippen molar-refractivity contribution >= 4 is 18.0 Å². The summed E-state index contributed by atoms with van der Waals surface area (Å²) in [6, 6.07) is 6.44. The van der Waals surface area contributed by atoms with Crippen molar-refractivity contribution in [3.63, 3.8) is 0 Å². The summed E-state index contributed by atoms with van der Waals surface area (Å²) < 4.78 is 0. The Morgan fingerprint density at radius 1 is 1.40 bits per heavy atom. The van der Waals surface area contributed by atoms with Crippen LogP contribution in [0.2, 0.25) is 0 Å². The molecule has 0 aliphatic carbocycles. The highest BCUT2D eigenvalue weighted by atomic mass is 16.4. The van der Waals surface area contributed by atoms with Gasteiger partial charge < -0.3 is 10.8 Å². The highest BCUT2D eigenvalue weighted by Crippen LogP contribution is 2.07. The van der Waals surface area contributed by atoms with E-state index in [0.717, 1.165) is 5.56 Å². The number of hydrogen-bond donors (Lipinski definition) is 2. The number of hydrogen-bond acceptors (Lipinski definition) is 2. The van der Waals surface area contributed by atoms with Crippen molar-refractivity contribution < 1.29 is 14.7 Å². The molecule has 0 atom stereocenters. The van der Waals surface area contributed by atoms with E-state index in [4.69, 9.17) is 10.8 Å². The molecule has 4 nitrogen and oxygen atoms in total. The molecule has 0 aromatic heterocycles. The summed E-state index contributed by atoms with van der Waals surface area (Å²) in [4.78, 5) is 21.1. The summed E-state index contributed by atoms with van der Waals surface area (Å²) in [7, 11) is 0. The molecule has 0 bridgehead atoms. The van der Waals surface area contributed by atoms with Gasteiger partial charge in [-0.3, -0.25) is 4.79 Å². The third kappa shape index (κ3) is 3.64. The van der Waals surface area contributed by atoms with E-state index >= 15 is 0 Å². The molecule has 0 radical (unpaired) electrons. The molecule has 0 saturated carbocycles. The Hall–Kier alpha value is -2.10. The maximum absolute atomic E-state index is 10.6. The summed E-state index contributed by atoms with van der Waals surface area (Å²) >= 11 is 0. The number of nitrogens with two attached hydrogens (primary N) is 1. The SMILES string of the molecule is NC(=O)CC=Cc1cccc(C(=O)O)c1. The van der Waals surface area contributed by atoms with Gasteiger partial charge in [0.25, 0.3) is 0 Å². The average molecular weight is 205 g/mol. The molecule has 0 heterocycles. The fourth-order valence-electron chi connectivity index (χ4n) is 1.09. The number of carboxylic acid groups (broad SMARTS) is 1. The van der Waals surface area contributed by atoms with Crippen LogP contribution in [0.3, 0.4) is 0 Å². The van der Waals surface area contributed by atoms with Crippen LogP contribution in [0.4, 0.5) is 0 Å². The largest absolute Gasteiger partial charge is 0.478 e. The van der Waals surface area contributed by atoms with Crippen LogP contribution in [0.1, 0.15) is 22.3 Å². The normalized spacial score (nSPS) is 10.4. The molecule has 1 rings (SSSR count). The second-order valence-corrected chi connectivity index (χ2v) is 3.00. The van der Waals surface area contributed by atoms with Crippen molar-refractivity contribution in [3.05, 3.63) is 41.5 Å². The quantitative estimate of drug-likeness (QED) is 0.776. The third-order valence-electron chi connectivity index (χ3n) is 1.76. The Kier molecular flexibility index (Phi) is 3.62. The van der Waals surface area contributed by atoms with Crippen LogP contribution >= 0.6 is 0 Å². The molecule has 0 unspecified atom stereocenters. The van der Waals surface area contributed by atoms with Gasteiger partial charge in [-0.1, -0.05) is 24.3 Å². The summed E-state index contributed by atoms with van der Waals surface area (Å²) in [5.41, 5.74) is 5.90. The molecule has 3 N–H and O–H groups in total. The molecule has 1 amide bonds. The van der Waals surface area contributed by atoms with Gasteiger partial charge >= 0.3 is 5.97 Å². The molecule has 0 saturated heterocycles. The maximum atomic E-state index is 10.6. The topological polar surface area (TPSA) is 80.4 Å². The van der Waals surface area contributed by atoms with E-state index in [1.165, 1.54) is 12.1 Å². The fraction of sp³-hybridized carbons (Fsp3) is 0.0909. The monoisotopic (exact) mass is 205 g/mol. The van der Waals surface area contributed by atoms with Crippen molar-refractivity contribution in [1.29, 1.82) is 0 Å². The average Bonchev–Trinajstić information content (AvgIpc) is 2.17. The Bertz CT molecular complexity index is 410. The van der Waals surface area contributed by atoms with Crippen molar-refractivity contribution in [2.75, 3.05) is 0 Å². The van der Waals surface area contributed by atoms with Gasteiger partial charge in [0.1, 0.15) is 0 Å². The number of aromatic carboxylic acids is 1. The van der Waals surface area contributed by atoms with Gasteiger partial charge in [-0.15, -0.1) is 0 Å². The minimum Gasteiger partial charge on any atom is -0.478 e. The van der Waals surface area contributed by atoms with Crippen LogP contribution < -0.4 is 5.73 Å². The van der Waals surface area contributed by atoms with Crippen molar-refractivity contribution in [3.8, 4) is 0 Å². The third-order valence-corrected chi connectivity index (χ3v) is 1.76. The van der Waals surface area contributed by atoms with Crippen LogP contribution in [0.5, 0.6) is 0 Å². The summed E-state index contributed by atoms with van der Waals surface area (Å²) in [6.45, 7) is 0. The highest BCUT2D eigenvalue weighted by Gasteiger charge is 2.00. The number of carboxylic acids is 1. The van der Waals surface area contributed by atoms with Gasteiger partial charge in [0.05, 0.1) is 5.56 Å². The molecule has 1 aromatic carbocycles. The molecule has 4 heteroatoms. The fourth-order valence-corrected chi connectivity index (χ4v) is 1.09. The van der Waals surface area contributed by atoms with Gasteiger partial charge in [0.2, 0.25) is 5.91 Å². The number of rotatable bonds is 4. The highest BCUT2D eigenvalue weighted by molar-refractivity contribution is 5.88. The lowest BCUT2D eigenvalue weighted by atomic mass is 10.1. The number of benzene rings is 1. The summed E-state index contributed by atoms with van der Waals surface area (Å²) in [5.74, 6) is -1.39. The van der Waals surface area contributed by atoms with Crippen LogP contribution in [-0.2, 0) is 4.79 Å². The standard InChI is InChI=1S/C11H11NO3/c12-10(13)6-2-4-8-3-1-5-9(7-8)11(14)15/h1-5,7H,6H2,(H2,12,13)(H,14,15). The Labute approximate surface area is 87.0 Å². The zero-order valence-corrected chi connectivity index (χ0v) is 8.01. The van der Waals surface area contributed by atoms with Gasteiger partial charge in [-0.25, -0.2) is 4.79 Å². The molecule has 0 aliphatic rings. The molecule has 0 aliphatic heterocycles. The minimum atomic E-state index is -0.972. The van der Waals surface area contributed by atoms with E-state index in [1.807, 2.05) is 0 Å². The molecule has 15 heavy (non-hydrogen) atoms. The molecule has 0 spiro atoms. The van der Waals surface area contributed by atoms with E-state index in [2.05, 4.69) is 0 Å². The van der Waals surface area contributed by atoms with E-state index in [0.29, 0.717) is 0 Å². The van der Waals surface area contributed by atoms with Crippen LogP contribution in [0.15, 0.2) is 30.3 Å². The lowest BCUT2D eigenvalue weighted by Crippen LogP contribution is -2.07. The van der Waals surface area contributed by atoms with Gasteiger partial charge in [-0.2, -0.15) is 0 Å². The smallest absolute Gasteiger partial charge is 0.335 e. The zero-order chi connectivity index (χ0) is 11.3. The number of carbonyl (C=O) groups is 2. The van der Waals surface area contributed by atoms with Crippen LogP contribution in [0, 0.1) is 0 Å². The van der Waals surface area contributed by atoms with E-state index in [-0.39, 0.29) is 12.0 Å². The lowest BCUT2D eigenvalue weighted by molar-refractivity contribution is -0.117. The predicted octanol–water partition coefficient (Wildman–Crippen LogP) is 1.27. The Balaban J connectivity index is 2.78. The van der Waals surface area contributed by atoms with Crippen molar-refractivity contribution in [2.24, 2.45) is 5.73 Å². The predicted molar refractivity (Wildman–Crippen MR) is 56.2 cm³/mol. The molecule has 0 fully saturated rings. The summed E-state index contributed by atoms with van der Waals surface area (Å²) in [6.07, 6.45) is 3.41. The molecule has 1 aromatic rings. The second kappa shape index (κ2) is 4.95. The van der Waals surface area contributed by atoms with Crippen LogP contribution in [0.25, 0.3) is 6.08 Å². The first-order chi connectivity index (χ1) is 7.09. The van der Waals surface area contributed by atoms with Gasteiger partial charge in [0.15, 0.2) is 0 Å². The zero-order valence-electron chi connectivity index (χ0n) is 8.01. The van der Waals surface area contributed by atoms with Crippen molar-refractivity contribution in [1.82, 2.24) is 0 Å². The maximum Gasteiger partial charge on any atom is 0.335 e. The first-order valence-corrected chi connectivity index (χ1v) is 4.38. The Morgan fingerprint density at radius 3 is 2.73 bits per heavy atom.